The van der Waals surface area contributed by atoms with Crippen LogP contribution in [0.25, 0.3) is 0 Å². The van der Waals surface area contributed by atoms with E-state index >= 15 is 0 Å². The molecule has 1 atom stereocenters. The van der Waals surface area contributed by atoms with E-state index in [9.17, 15) is 0 Å². The highest BCUT2D eigenvalue weighted by molar-refractivity contribution is 4.90. The maximum Gasteiger partial charge on any atom is 0.162 e. The lowest BCUT2D eigenvalue weighted by Crippen LogP contribution is -2.10. The molecule has 0 aliphatic carbocycles. The van der Waals surface area contributed by atoms with Crippen molar-refractivity contribution in [1.82, 2.24) is 10.5 Å². The van der Waals surface area contributed by atoms with Crippen LogP contribution in [0.4, 0.5) is 0 Å². The van der Waals surface area contributed by atoms with Gasteiger partial charge in [0.15, 0.2) is 5.76 Å². The van der Waals surface area contributed by atoms with Crippen LogP contribution < -0.4 is 5.32 Å². The van der Waals surface area contributed by atoms with Crippen molar-refractivity contribution in [2.45, 2.75) is 19.4 Å². The summed E-state index contributed by atoms with van der Waals surface area (Å²) in [5.74, 6) is 1.60. The Morgan fingerprint density at radius 3 is 3.36 bits per heavy atom. The Labute approximate surface area is 83.6 Å². The second-order valence-corrected chi connectivity index (χ2v) is 3.68. The van der Waals surface area contributed by atoms with E-state index in [4.69, 9.17) is 9.26 Å². The van der Waals surface area contributed by atoms with Gasteiger partial charge in [-0.25, -0.2) is 0 Å². The third kappa shape index (κ3) is 2.82. The fourth-order valence-electron chi connectivity index (χ4n) is 1.70. The van der Waals surface area contributed by atoms with Crippen molar-refractivity contribution >= 4 is 0 Å². The molecule has 14 heavy (non-hydrogen) atoms. The van der Waals surface area contributed by atoms with E-state index in [1.165, 1.54) is 6.42 Å². The van der Waals surface area contributed by atoms with E-state index in [2.05, 4.69) is 10.5 Å². The molecular formula is C10H16N2O2. The SMILES string of the molecule is c1cc(COCCC2CCNC2)on1. The Morgan fingerprint density at radius 1 is 1.64 bits per heavy atom. The second kappa shape index (κ2) is 5.12. The van der Waals surface area contributed by atoms with Crippen molar-refractivity contribution in [1.29, 1.82) is 0 Å². The molecule has 4 heteroatoms. The number of ether oxygens (including phenoxy) is 1. The minimum atomic E-state index is 0.542. The Kier molecular flexibility index (Phi) is 3.54. The van der Waals surface area contributed by atoms with Crippen LogP contribution >= 0.6 is 0 Å². The third-order valence-corrected chi connectivity index (χ3v) is 2.57. The molecule has 1 N–H and O–H groups in total. The molecule has 1 aromatic rings. The lowest BCUT2D eigenvalue weighted by Gasteiger charge is -2.07. The summed E-state index contributed by atoms with van der Waals surface area (Å²) in [4.78, 5) is 0. The number of aromatic nitrogens is 1. The lowest BCUT2D eigenvalue weighted by atomic mass is 10.1. The first-order valence-corrected chi connectivity index (χ1v) is 5.13. The summed E-state index contributed by atoms with van der Waals surface area (Å²) in [6.07, 6.45) is 4.06. The second-order valence-electron chi connectivity index (χ2n) is 3.68. The molecule has 1 aromatic heterocycles. The van der Waals surface area contributed by atoms with Gasteiger partial charge in [-0.1, -0.05) is 5.16 Å². The van der Waals surface area contributed by atoms with Gasteiger partial charge in [-0.2, -0.15) is 0 Å². The maximum absolute atomic E-state index is 5.48. The first-order valence-electron chi connectivity index (χ1n) is 5.13. The minimum Gasteiger partial charge on any atom is -0.373 e. The molecule has 0 amide bonds. The monoisotopic (exact) mass is 196 g/mol. The molecule has 1 unspecified atom stereocenters. The average Bonchev–Trinajstić information content (AvgIpc) is 2.86. The van der Waals surface area contributed by atoms with Crippen LogP contribution in [-0.2, 0) is 11.3 Å². The zero-order valence-corrected chi connectivity index (χ0v) is 8.24. The Bertz CT molecular complexity index is 243. The quantitative estimate of drug-likeness (QED) is 0.719. The van der Waals surface area contributed by atoms with E-state index in [0.717, 1.165) is 37.8 Å². The summed E-state index contributed by atoms with van der Waals surface area (Å²) in [5, 5.41) is 6.96. The Morgan fingerprint density at radius 2 is 2.64 bits per heavy atom. The molecule has 78 valence electrons. The van der Waals surface area contributed by atoms with Gasteiger partial charge in [-0.05, 0) is 31.8 Å². The molecule has 0 spiro atoms. The highest BCUT2D eigenvalue weighted by atomic mass is 16.5. The molecule has 2 heterocycles. The van der Waals surface area contributed by atoms with Crippen molar-refractivity contribution in [3.63, 3.8) is 0 Å². The molecular weight excluding hydrogens is 180 g/mol. The van der Waals surface area contributed by atoms with Gasteiger partial charge in [-0.15, -0.1) is 0 Å². The van der Waals surface area contributed by atoms with Crippen molar-refractivity contribution in [3.8, 4) is 0 Å². The molecule has 0 bridgehead atoms. The molecule has 0 saturated carbocycles. The smallest absolute Gasteiger partial charge is 0.162 e. The van der Waals surface area contributed by atoms with Gasteiger partial charge in [0.25, 0.3) is 0 Å². The van der Waals surface area contributed by atoms with Crippen molar-refractivity contribution in [3.05, 3.63) is 18.0 Å². The number of hydrogen-bond donors (Lipinski definition) is 1. The maximum atomic E-state index is 5.48. The highest BCUT2D eigenvalue weighted by Crippen LogP contribution is 2.12. The van der Waals surface area contributed by atoms with E-state index in [0.29, 0.717) is 6.61 Å². The van der Waals surface area contributed by atoms with Gasteiger partial charge in [0, 0.05) is 12.7 Å². The van der Waals surface area contributed by atoms with Gasteiger partial charge in [0.2, 0.25) is 0 Å². The van der Waals surface area contributed by atoms with E-state index in [-0.39, 0.29) is 0 Å². The summed E-state index contributed by atoms with van der Waals surface area (Å²) < 4.78 is 10.4. The highest BCUT2D eigenvalue weighted by Gasteiger charge is 2.13. The number of nitrogens with zero attached hydrogens (tertiary/aromatic N) is 1. The van der Waals surface area contributed by atoms with E-state index in [1.807, 2.05) is 6.07 Å². The largest absolute Gasteiger partial charge is 0.373 e. The van der Waals surface area contributed by atoms with E-state index < -0.39 is 0 Å². The summed E-state index contributed by atoms with van der Waals surface area (Å²) in [6, 6.07) is 1.83. The van der Waals surface area contributed by atoms with Gasteiger partial charge in [0.1, 0.15) is 6.61 Å². The fourth-order valence-corrected chi connectivity index (χ4v) is 1.70. The van der Waals surface area contributed by atoms with Gasteiger partial charge >= 0.3 is 0 Å². The summed E-state index contributed by atoms with van der Waals surface area (Å²) >= 11 is 0. The van der Waals surface area contributed by atoms with Crippen LogP contribution in [0, 0.1) is 5.92 Å². The molecule has 1 aliphatic rings. The van der Waals surface area contributed by atoms with Crippen LogP contribution in [-0.4, -0.2) is 24.9 Å². The predicted octanol–water partition coefficient (Wildman–Crippen LogP) is 1.19. The van der Waals surface area contributed by atoms with Crippen molar-refractivity contribution in [2.24, 2.45) is 5.92 Å². The Hall–Kier alpha value is -0.870. The predicted molar refractivity (Wildman–Crippen MR) is 51.8 cm³/mol. The van der Waals surface area contributed by atoms with Crippen molar-refractivity contribution < 1.29 is 9.26 Å². The van der Waals surface area contributed by atoms with Crippen LogP contribution in [0.5, 0.6) is 0 Å². The molecule has 1 aliphatic heterocycles. The number of hydrogen-bond acceptors (Lipinski definition) is 4. The molecule has 0 aromatic carbocycles. The zero-order valence-electron chi connectivity index (χ0n) is 8.24. The molecule has 4 nitrogen and oxygen atoms in total. The molecule has 1 fully saturated rings. The zero-order chi connectivity index (χ0) is 9.64. The molecule has 2 rings (SSSR count). The lowest BCUT2D eigenvalue weighted by molar-refractivity contribution is 0.0912. The normalized spacial score (nSPS) is 21.6. The van der Waals surface area contributed by atoms with Gasteiger partial charge in [-0.3, -0.25) is 0 Å². The van der Waals surface area contributed by atoms with Crippen LogP contribution in [0.2, 0.25) is 0 Å². The van der Waals surface area contributed by atoms with E-state index in [1.54, 1.807) is 6.20 Å². The van der Waals surface area contributed by atoms with Crippen LogP contribution in [0.1, 0.15) is 18.6 Å². The summed E-state index contributed by atoms with van der Waals surface area (Å²) in [6.45, 7) is 3.66. The number of rotatable bonds is 5. The summed E-state index contributed by atoms with van der Waals surface area (Å²) in [5.41, 5.74) is 0. The summed E-state index contributed by atoms with van der Waals surface area (Å²) in [7, 11) is 0. The molecule has 1 saturated heterocycles. The van der Waals surface area contributed by atoms with Gasteiger partial charge in [0.05, 0.1) is 6.20 Å². The first-order chi connectivity index (χ1) is 6.95. The topological polar surface area (TPSA) is 47.3 Å². The third-order valence-electron chi connectivity index (χ3n) is 2.57. The average molecular weight is 196 g/mol. The molecule has 0 radical (unpaired) electrons. The number of nitrogens with one attached hydrogen (secondary N) is 1. The van der Waals surface area contributed by atoms with Crippen LogP contribution in [0.3, 0.4) is 0 Å². The fraction of sp³-hybridized carbons (Fsp3) is 0.700. The van der Waals surface area contributed by atoms with Crippen molar-refractivity contribution in [2.75, 3.05) is 19.7 Å². The first kappa shape index (κ1) is 9.68. The Balaban J connectivity index is 1.55. The van der Waals surface area contributed by atoms with Gasteiger partial charge < -0.3 is 14.6 Å². The standard InChI is InChI=1S/C10H16N2O2/c1-4-11-7-9(1)3-6-13-8-10-2-5-12-14-10/h2,5,9,11H,1,3-4,6-8H2. The van der Waals surface area contributed by atoms with Crippen LogP contribution in [0.15, 0.2) is 16.8 Å². The minimum absolute atomic E-state index is 0.542.